The van der Waals surface area contributed by atoms with Gasteiger partial charge in [0.1, 0.15) is 0 Å². The molecule has 0 saturated carbocycles. The Morgan fingerprint density at radius 2 is 1.18 bits per heavy atom. The summed E-state index contributed by atoms with van der Waals surface area (Å²) in [6.07, 6.45) is 2.06. The van der Waals surface area contributed by atoms with Gasteiger partial charge in [0.2, 0.25) is 0 Å². The molecule has 0 fully saturated rings. The lowest BCUT2D eigenvalue weighted by Crippen LogP contribution is -2.10. The molecular weight excluding hydrogens is 486 g/mol. The number of carbonyl (C=O) groups is 1. The molecule has 7 rings (SSSR count). The fourth-order valence-corrected chi connectivity index (χ4v) is 5.87. The Labute approximate surface area is 234 Å². The number of benzene rings is 6. The molecule has 0 bridgehead atoms. The van der Waals surface area contributed by atoms with Gasteiger partial charge in [-0.1, -0.05) is 121 Å². The Kier molecular flexibility index (Phi) is 6.07. The van der Waals surface area contributed by atoms with Gasteiger partial charge in [0.15, 0.2) is 5.78 Å². The van der Waals surface area contributed by atoms with Gasteiger partial charge >= 0.3 is 0 Å². The molecule has 1 aliphatic rings. The van der Waals surface area contributed by atoms with Crippen molar-refractivity contribution in [2.24, 2.45) is 0 Å². The van der Waals surface area contributed by atoms with Crippen molar-refractivity contribution < 1.29 is 4.79 Å². The maximum Gasteiger partial charge on any atom is 0.190 e. The molecule has 0 saturated heterocycles. The van der Waals surface area contributed by atoms with Crippen LogP contribution >= 0.6 is 0 Å². The topological polar surface area (TPSA) is 20.3 Å². The first-order chi connectivity index (χ1) is 19.8. The predicted molar refractivity (Wildman–Crippen MR) is 166 cm³/mol. The number of hydrogen-bond acceptors (Lipinski definition) is 2. The van der Waals surface area contributed by atoms with Gasteiger partial charge in [-0.15, -0.1) is 0 Å². The maximum absolute atomic E-state index is 13.6. The summed E-state index contributed by atoms with van der Waals surface area (Å²) in [5.74, 6) is 0.0382. The van der Waals surface area contributed by atoms with E-state index in [2.05, 4.69) is 120 Å². The Hall–Kier alpha value is -5.21. The van der Waals surface area contributed by atoms with Crippen LogP contribution in [0.3, 0.4) is 0 Å². The Bertz CT molecular complexity index is 1850. The number of Topliss-reactive ketones (excluding diaryl/α,β-unsaturated/α-hetero) is 1. The molecule has 0 aromatic heterocycles. The number of fused-ring (bicyclic) bond motifs is 2. The number of hydrogen-bond donors (Lipinski definition) is 0. The average molecular weight is 514 g/mol. The average Bonchev–Trinajstić information content (AvgIpc) is 3.30. The van der Waals surface area contributed by atoms with E-state index < -0.39 is 0 Å². The summed E-state index contributed by atoms with van der Waals surface area (Å²) < 4.78 is 0. The summed E-state index contributed by atoms with van der Waals surface area (Å²) in [7, 11) is 0. The van der Waals surface area contributed by atoms with Crippen LogP contribution in [0.25, 0.3) is 16.8 Å². The SMILES string of the molecule is O=C1C(=Cc2ccc(N(c3ccccc3)c3cccc4ccccc34)cc2)C(c2ccccc2)c2ccccc21. The molecule has 1 aliphatic carbocycles. The lowest BCUT2D eigenvalue weighted by molar-refractivity contribution is 0.103. The van der Waals surface area contributed by atoms with Crippen molar-refractivity contribution >= 4 is 39.7 Å². The van der Waals surface area contributed by atoms with Gasteiger partial charge in [-0.05, 0) is 58.5 Å². The monoisotopic (exact) mass is 513 g/mol. The zero-order valence-corrected chi connectivity index (χ0v) is 21.9. The summed E-state index contributed by atoms with van der Waals surface area (Å²) >= 11 is 0. The molecule has 6 aromatic rings. The van der Waals surface area contributed by atoms with Gasteiger partial charge in [-0.25, -0.2) is 0 Å². The second-order valence-corrected chi connectivity index (χ2v) is 10.1. The van der Waals surface area contributed by atoms with E-state index in [0.717, 1.165) is 44.9 Å². The second-order valence-electron chi connectivity index (χ2n) is 10.1. The maximum atomic E-state index is 13.6. The minimum absolute atomic E-state index is 0.0684. The number of allylic oxidation sites excluding steroid dienone is 1. The number of carbonyl (C=O) groups excluding carboxylic acids is 1. The van der Waals surface area contributed by atoms with Gasteiger partial charge in [-0.3, -0.25) is 4.79 Å². The molecule has 0 spiro atoms. The predicted octanol–water partition coefficient (Wildman–Crippen LogP) is 9.72. The molecule has 0 heterocycles. The van der Waals surface area contributed by atoms with Crippen LogP contribution in [0.4, 0.5) is 17.1 Å². The highest BCUT2D eigenvalue weighted by atomic mass is 16.1. The van der Waals surface area contributed by atoms with E-state index in [1.807, 2.05) is 42.5 Å². The molecular formula is C38H27NO. The standard InChI is InChI=1S/C38H27NO/c40-38-34-20-10-9-19-33(34)37(29-13-3-1-4-14-29)35(38)26-27-22-24-31(25-23-27)39(30-16-5-2-6-17-30)36-21-11-15-28-12-7-8-18-32(28)36/h1-26,37H. The van der Waals surface area contributed by atoms with Crippen molar-refractivity contribution in [2.75, 3.05) is 4.90 Å². The molecule has 2 nitrogen and oxygen atoms in total. The summed E-state index contributed by atoms with van der Waals surface area (Å²) in [5.41, 5.74) is 8.11. The zero-order chi connectivity index (χ0) is 26.9. The van der Waals surface area contributed by atoms with E-state index >= 15 is 0 Å². The number of nitrogens with zero attached hydrogens (tertiary/aromatic N) is 1. The van der Waals surface area contributed by atoms with Crippen molar-refractivity contribution in [3.63, 3.8) is 0 Å². The molecule has 2 heteroatoms. The highest BCUT2D eigenvalue weighted by molar-refractivity contribution is 6.17. The van der Waals surface area contributed by atoms with E-state index in [0.29, 0.717) is 0 Å². The molecule has 0 radical (unpaired) electrons. The second kappa shape index (κ2) is 10.2. The third kappa shape index (κ3) is 4.20. The van der Waals surface area contributed by atoms with E-state index in [9.17, 15) is 4.79 Å². The quantitative estimate of drug-likeness (QED) is 0.214. The van der Waals surface area contributed by atoms with Gasteiger partial charge in [-0.2, -0.15) is 0 Å². The molecule has 1 atom stereocenters. The first-order valence-corrected chi connectivity index (χ1v) is 13.6. The minimum atomic E-state index is -0.0684. The molecule has 0 amide bonds. The molecule has 0 aliphatic heterocycles. The highest BCUT2D eigenvalue weighted by Crippen LogP contribution is 2.43. The van der Waals surface area contributed by atoms with Crippen LogP contribution in [-0.4, -0.2) is 5.78 Å². The summed E-state index contributed by atoms with van der Waals surface area (Å²) in [4.78, 5) is 15.9. The molecule has 40 heavy (non-hydrogen) atoms. The van der Waals surface area contributed by atoms with Crippen LogP contribution in [0.5, 0.6) is 0 Å². The van der Waals surface area contributed by atoms with Crippen molar-refractivity contribution in [3.8, 4) is 0 Å². The van der Waals surface area contributed by atoms with Crippen LogP contribution in [0, 0.1) is 0 Å². The minimum Gasteiger partial charge on any atom is -0.310 e. The van der Waals surface area contributed by atoms with E-state index in [-0.39, 0.29) is 11.7 Å². The van der Waals surface area contributed by atoms with Crippen molar-refractivity contribution in [1.29, 1.82) is 0 Å². The highest BCUT2D eigenvalue weighted by Gasteiger charge is 2.35. The van der Waals surface area contributed by atoms with Crippen LogP contribution in [0.2, 0.25) is 0 Å². The Balaban J connectivity index is 1.31. The van der Waals surface area contributed by atoms with Crippen molar-refractivity contribution in [3.05, 3.63) is 179 Å². The lowest BCUT2D eigenvalue weighted by atomic mass is 9.89. The first kappa shape index (κ1) is 23.9. The molecule has 1 unspecified atom stereocenters. The number of rotatable bonds is 5. The van der Waals surface area contributed by atoms with Gasteiger partial charge < -0.3 is 4.90 Å². The number of ketones is 1. The summed E-state index contributed by atoms with van der Waals surface area (Å²) in [5, 5.41) is 2.40. The van der Waals surface area contributed by atoms with Gasteiger partial charge in [0.25, 0.3) is 0 Å². The number of anilines is 3. The first-order valence-electron chi connectivity index (χ1n) is 13.6. The van der Waals surface area contributed by atoms with Crippen LogP contribution in [0.1, 0.15) is 33.0 Å². The molecule has 190 valence electrons. The summed E-state index contributed by atoms with van der Waals surface area (Å²) in [6, 6.07) is 52.2. The van der Waals surface area contributed by atoms with Crippen LogP contribution < -0.4 is 4.90 Å². The molecule has 6 aromatic carbocycles. The lowest BCUT2D eigenvalue weighted by Gasteiger charge is -2.27. The Morgan fingerprint density at radius 3 is 1.98 bits per heavy atom. The van der Waals surface area contributed by atoms with Crippen molar-refractivity contribution in [1.82, 2.24) is 0 Å². The van der Waals surface area contributed by atoms with E-state index in [4.69, 9.17) is 0 Å². The third-order valence-electron chi connectivity index (χ3n) is 7.72. The van der Waals surface area contributed by atoms with E-state index in [1.54, 1.807) is 0 Å². The normalized spacial score (nSPS) is 15.3. The fourth-order valence-electron chi connectivity index (χ4n) is 5.87. The van der Waals surface area contributed by atoms with Crippen molar-refractivity contribution in [2.45, 2.75) is 5.92 Å². The smallest absolute Gasteiger partial charge is 0.190 e. The fraction of sp³-hybridized carbons (Fsp3) is 0.0263. The van der Waals surface area contributed by atoms with Crippen LogP contribution in [-0.2, 0) is 0 Å². The zero-order valence-electron chi connectivity index (χ0n) is 21.9. The van der Waals surface area contributed by atoms with Gasteiger partial charge in [0, 0.05) is 33.8 Å². The Morgan fingerprint density at radius 1 is 0.550 bits per heavy atom. The van der Waals surface area contributed by atoms with E-state index in [1.165, 1.54) is 10.8 Å². The van der Waals surface area contributed by atoms with Crippen LogP contribution in [0.15, 0.2) is 157 Å². The third-order valence-corrected chi connectivity index (χ3v) is 7.72. The summed E-state index contributed by atoms with van der Waals surface area (Å²) in [6.45, 7) is 0. The van der Waals surface area contributed by atoms with Gasteiger partial charge in [0.05, 0.1) is 5.69 Å². The molecule has 0 N–H and O–H groups in total. The largest absolute Gasteiger partial charge is 0.310 e. The number of para-hydroxylation sites is 1.